The molecule has 2 rings (SSSR count). The van der Waals surface area contributed by atoms with E-state index in [0.29, 0.717) is 12.1 Å². The summed E-state index contributed by atoms with van der Waals surface area (Å²) in [6.07, 6.45) is 9.19. The summed E-state index contributed by atoms with van der Waals surface area (Å²) in [5.74, 6) is 0. The highest BCUT2D eigenvalue weighted by Crippen LogP contribution is 2.24. The third kappa shape index (κ3) is 4.02. The van der Waals surface area contributed by atoms with E-state index >= 15 is 0 Å². The van der Waals surface area contributed by atoms with Crippen LogP contribution < -0.4 is 5.32 Å². The Morgan fingerprint density at radius 1 is 1.21 bits per heavy atom. The average molecular weight is 261 g/mol. The van der Waals surface area contributed by atoms with Crippen molar-refractivity contribution in [2.24, 2.45) is 0 Å². The fourth-order valence-electron chi connectivity index (χ4n) is 3.23. The summed E-state index contributed by atoms with van der Waals surface area (Å²) in [7, 11) is 0. The quantitative estimate of drug-likeness (QED) is 0.853. The molecule has 2 unspecified atom stereocenters. The maximum atomic E-state index is 4.10. The maximum absolute atomic E-state index is 4.10. The second-order valence-corrected chi connectivity index (χ2v) is 5.43. The van der Waals surface area contributed by atoms with Crippen LogP contribution in [0.5, 0.6) is 0 Å². The zero-order valence-corrected chi connectivity index (χ0v) is 12.3. The van der Waals surface area contributed by atoms with Crippen LogP contribution >= 0.6 is 0 Å². The lowest BCUT2D eigenvalue weighted by atomic mass is 9.88. The lowest BCUT2D eigenvalue weighted by Crippen LogP contribution is -2.51. The highest BCUT2D eigenvalue weighted by molar-refractivity contribution is 5.10. The first-order chi connectivity index (χ1) is 9.35. The average Bonchev–Trinajstić information content (AvgIpc) is 2.47. The number of likely N-dealkylation sites (N-methyl/N-ethyl adjacent to an activating group) is 2. The summed E-state index contributed by atoms with van der Waals surface area (Å²) in [5.41, 5.74) is 1.37. The van der Waals surface area contributed by atoms with E-state index in [1.54, 1.807) is 0 Å². The third-order valence-corrected chi connectivity index (χ3v) is 4.21. The number of rotatable bonds is 6. The summed E-state index contributed by atoms with van der Waals surface area (Å²) in [4.78, 5) is 6.73. The fraction of sp³-hybridized carbons (Fsp3) is 0.688. The number of nitrogens with one attached hydrogen (secondary N) is 1. The normalized spacial score (nSPS) is 23.7. The number of aromatic nitrogens is 1. The second-order valence-electron chi connectivity index (χ2n) is 5.43. The van der Waals surface area contributed by atoms with Gasteiger partial charge in [-0.05, 0) is 43.6 Å². The molecule has 19 heavy (non-hydrogen) atoms. The summed E-state index contributed by atoms with van der Waals surface area (Å²) in [6.45, 7) is 7.73. The molecule has 3 heteroatoms. The van der Waals surface area contributed by atoms with Gasteiger partial charge in [0, 0.05) is 31.0 Å². The lowest BCUT2D eigenvalue weighted by molar-refractivity contribution is 0.121. The molecule has 0 amide bonds. The first kappa shape index (κ1) is 14.5. The van der Waals surface area contributed by atoms with Gasteiger partial charge in [0.05, 0.1) is 0 Å². The molecule has 0 radical (unpaired) electrons. The highest BCUT2D eigenvalue weighted by atomic mass is 15.2. The van der Waals surface area contributed by atoms with E-state index < -0.39 is 0 Å². The molecule has 1 N–H and O–H groups in total. The van der Waals surface area contributed by atoms with E-state index in [0.717, 1.165) is 19.6 Å². The summed E-state index contributed by atoms with van der Waals surface area (Å²) in [5, 5.41) is 3.68. The van der Waals surface area contributed by atoms with Gasteiger partial charge in [-0.1, -0.05) is 26.7 Å². The molecule has 3 nitrogen and oxygen atoms in total. The van der Waals surface area contributed by atoms with Crippen LogP contribution in [0.4, 0.5) is 0 Å². The fourth-order valence-corrected chi connectivity index (χ4v) is 3.23. The molecule has 0 bridgehead atoms. The van der Waals surface area contributed by atoms with E-state index in [2.05, 4.69) is 41.2 Å². The van der Waals surface area contributed by atoms with Gasteiger partial charge in [0.25, 0.3) is 0 Å². The van der Waals surface area contributed by atoms with Crippen LogP contribution in [0.25, 0.3) is 0 Å². The van der Waals surface area contributed by atoms with Crippen molar-refractivity contribution in [3.63, 3.8) is 0 Å². The summed E-state index contributed by atoms with van der Waals surface area (Å²) in [6, 6.07) is 5.62. The van der Waals surface area contributed by atoms with Crippen molar-refractivity contribution in [1.29, 1.82) is 0 Å². The third-order valence-electron chi connectivity index (χ3n) is 4.21. The van der Waals surface area contributed by atoms with E-state index in [-0.39, 0.29) is 0 Å². The van der Waals surface area contributed by atoms with Crippen LogP contribution in [0, 0.1) is 0 Å². The topological polar surface area (TPSA) is 28.2 Å². The predicted molar refractivity (Wildman–Crippen MR) is 80.0 cm³/mol. The zero-order chi connectivity index (χ0) is 13.5. The van der Waals surface area contributed by atoms with Gasteiger partial charge >= 0.3 is 0 Å². The minimum atomic E-state index is 0.667. The number of nitrogens with zero attached hydrogens (tertiary/aromatic N) is 2. The van der Waals surface area contributed by atoms with Crippen molar-refractivity contribution in [2.45, 2.75) is 58.2 Å². The monoisotopic (exact) mass is 261 g/mol. The van der Waals surface area contributed by atoms with Crippen LogP contribution in [0.15, 0.2) is 24.5 Å². The molecule has 1 fully saturated rings. The predicted octanol–water partition coefficient (Wildman–Crippen LogP) is 2.82. The Hall–Kier alpha value is -0.930. The van der Waals surface area contributed by atoms with Crippen LogP contribution in [0.2, 0.25) is 0 Å². The maximum Gasteiger partial charge on any atom is 0.0271 e. The Morgan fingerprint density at radius 2 is 1.95 bits per heavy atom. The van der Waals surface area contributed by atoms with Crippen molar-refractivity contribution >= 4 is 0 Å². The van der Waals surface area contributed by atoms with E-state index in [9.17, 15) is 0 Å². The van der Waals surface area contributed by atoms with Gasteiger partial charge in [-0.3, -0.25) is 9.88 Å². The molecule has 1 saturated carbocycles. The van der Waals surface area contributed by atoms with Gasteiger partial charge in [-0.2, -0.15) is 0 Å². The molecule has 0 spiro atoms. The first-order valence-corrected chi connectivity index (χ1v) is 7.71. The molecule has 2 atom stereocenters. The molecule has 106 valence electrons. The Bertz CT molecular complexity index is 350. The molecule has 0 aliphatic heterocycles. The molecule has 0 saturated heterocycles. The Morgan fingerprint density at radius 3 is 2.63 bits per heavy atom. The smallest absolute Gasteiger partial charge is 0.0271 e. The van der Waals surface area contributed by atoms with E-state index in [4.69, 9.17) is 0 Å². The van der Waals surface area contributed by atoms with Crippen LogP contribution in [0.3, 0.4) is 0 Å². The molecule has 1 aromatic rings. The number of hydrogen-bond donors (Lipinski definition) is 1. The van der Waals surface area contributed by atoms with Gasteiger partial charge in [0.1, 0.15) is 0 Å². The van der Waals surface area contributed by atoms with Gasteiger partial charge in [-0.25, -0.2) is 0 Å². The van der Waals surface area contributed by atoms with E-state index in [1.165, 1.54) is 31.2 Å². The lowest BCUT2D eigenvalue weighted by Gasteiger charge is -2.40. The highest BCUT2D eigenvalue weighted by Gasteiger charge is 2.28. The number of hydrogen-bond acceptors (Lipinski definition) is 3. The SMILES string of the molecule is CCNC1CCCCC1N(CC)Cc1ccncc1. The summed E-state index contributed by atoms with van der Waals surface area (Å²) >= 11 is 0. The van der Waals surface area contributed by atoms with E-state index in [1.807, 2.05) is 12.4 Å². The van der Waals surface area contributed by atoms with Crippen LogP contribution in [0.1, 0.15) is 45.1 Å². The van der Waals surface area contributed by atoms with Gasteiger partial charge in [-0.15, -0.1) is 0 Å². The van der Waals surface area contributed by atoms with Gasteiger partial charge in [0.2, 0.25) is 0 Å². The summed E-state index contributed by atoms with van der Waals surface area (Å²) < 4.78 is 0. The minimum Gasteiger partial charge on any atom is -0.313 e. The second kappa shape index (κ2) is 7.61. The van der Waals surface area contributed by atoms with Crippen LogP contribution in [-0.2, 0) is 6.54 Å². The molecule has 1 aliphatic carbocycles. The van der Waals surface area contributed by atoms with Crippen molar-refractivity contribution < 1.29 is 0 Å². The molecule has 1 aliphatic rings. The van der Waals surface area contributed by atoms with Crippen molar-refractivity contribution in [2.75, 3.05) is 13.1 Å². The minimum absolute atomic E-state index is 0.667. The molecule has 0 aromatic carbocycles. The van der Waals surface area contributed by atoms with Gasteiger partial charge < -0.3 is 5.32 Å². The number of pyridine rings is 1. The Balaban J connectivity index is 2.02. The molecule has 1 aromatic heterocycles. The largest absolute Gasteiger partial charge is 0.313 e. The molecular weight excluding hydrogens is 234 g/mol. The van der Waals surface area contributed by atoms with Crippen LogP contribution in [-0.4, -0.2) is 35.1 Å². The van der Waals surface area contributed by atoms with Crippen molar-refractivity contribution in [3.8, 4) is 0 Å². The first-order valence-electron chi connectivity index (χ1n) is 7.71. The van der Waals surface area contributed by atoms with Gasteiger partial charge in [0.15, 0.2) is 0 Å². The molecule has 1 heterocycles. The molecular formula is C16H27N3. The zero-order valence-electron chi connectivity index (χ0n) is 12.3. The van der Waals surface area contributed by atoms with Crippen molar-refractivity contribution in [1.82, 2.24) is 15.2 Å². The standard InChI is InChI=1S/C16H27N3/c1-3-18-15-7-5-6-8-16(15)19(4-2)13-14-9-11-17-12-10-14/h9-12,15-16,18H,3-8,13H2,1-2H3. The Kier molecular flexibility index (Phi) is 5.80. The Labute approximate surface area is 117 Å². The van der Waals surface area contributed by atoms with Crippen molar-refractivity contribution in [3.05, 3.63) is 30.1 Å².